The summed E-state index contributed by atoms with van der Waals surface area (Å²) in [4.78, 5) is 12.2. The molecule has 0 saturated carbocycles. The fourth-order valence-corrected chi connectivity index (χ4v) is 4.08. The number of aliphatic hydroxyl groups is 3. The molecule has 5 rings (SSSR count). The summed E-state index contributed by atoms with van der Waals surface area (Å²) in [5, 5.41) is 32.5. The van der Waals surface area contributed by atoms with Crippen LogP contribution in [0.25, 0.3) is 11.2 Å². The maximum absolute atomic E-state index is 11.2. The highest BCUT2D eigenvalue weighted by Gasteiger charge is 2.52. The van der Waals surface area contributed by atoms with E-state index in [1.807, 2.05) is 18.2 Å². The van der Waals surface area contributed by atoms with Crippen molar-refractivity contribution < 1.29 is 20.1 Å². The van der Waals surface area contributed by atoms with E-state index in [1.54, 1.807) is 6.92 Å². The largest absolute Gasteiger partial charge is 0.387 e. The SMILES string of the molecule is C[C@@](O)(c1ccc2c(c1)CC2)[C@H]1O[C@@H](n2cnc3c(N)ncnc32)[C@H](O)[C@@H]1O. The van der Waals surface area contributed by atoms with Crippen LogP contribution in [0, 0.1) is 0 Å². The third-order valence-electron chi connectivity index (χ3n) is 5.91. The van der Waals surface area contributed by atoms with E-state index < -0.39 is 30.1 Å². The maximum atomic E-state index is 11.2. The average molecular weight is 383 g/mol. The quantitative estimate of drug-likeness (QED) is 0.497. The molecule has 9 nitrogen and oxygen atoms in total. The number of ether oxygens (including phenoxy) is 1. The van der Waals surface area contributed by atoms with E-state index in [4.69, 9.17) is 10.5 Å². The van der Waals surface area contributed by atoms with E-state index in [0.29, 0.717) is 16.7 Å². The number of rotatable bonds is 3. The second-order valence-corrected chi connectivity index (χ2v) is 7.64. The number of hydrogen-bond acceptors (Lipinski definition) is 8. The first kappa shape index (κ1) is 17.5. The number of nitrogens with two attached hydrogens (primary N) is 1. The van der Waals surface area contributed by atoms with Gasteiger partial charge in [-0.3, -0.25) is 4.57 Å². The Bertz CT molecular complexity index is 1070. The van der Waals surface area contributed by atoms with Gasteiger partial charge in [-0.15, -0.1) is 0 Å². The van der Waals surface area contributed by atoms with Crippen LogP contribution in [0.2, 0.25) is 0 Å². The van der Waals surface area contributed by atoms with Gasteiger partial charge >= 0.3 is 0 Å². The van der Waals surface area contributed by atoms with E-state index in [0.717, 1.165) is 12.8 Å². The van der Waals surface area contributed by atoms with E-state index in [2.05, 4.69) is 15.0 Å². The minimum Gasteiger partial charge on any atom is -0.387 e. The molecule has 0 bridgehead atoms. The van der Waals surface area contributed by atoms with Crippen molar-refractivity contribution in [3.05, 3.63) is 47.5 Å². The topological polar surface area (TPSA) is 140 Å². The first-order valence-corrected chi connectivity index (χ1v) is 9.17. The molecule has 1 fully saturated rings. The van der Waals surface area contributed by atoms with Crippen LogP contribution in [0.15, 0.2) is 30.9 Å². The number of benzene rings is 1. The summed E-state index contributed by atoms with van der Waals surface area (Å²) >= 11 is 0. The summed E-state index contributed by atoms with van der Waals surface area (Å²) in [7, 11) is 0. The Labute approximate surface area is 160 Å². The minimum absolute atomic E-state index is 0.211. The molecule has 2 aromatic heterocycles. The van der Waals surface area contributed by atoms with Crippen LogP contribution in [0.3, 0.4) is 0 Å². The molecule has 0 radical (unpaired) electrons. The lowest BCUT2D eigenvalue weighted by atomic mass is 9.81. The standard InChI is InChI=1S/C19H21N5O4/c1-19(27,11-5-4-9-2-3-10(9)6-11)15-13(25)14(26)18(28-15)24-8-23-12-16(20)21-7-22-17(12)24/h4-8,13-15,18,25-27H,2-3H2,1H3,(H2,20,21,22)/t13-,14+,15-,18+,19+/m0/s1. The van der Waals surface area contributed by atoms with Crippen molar-refractivity contribution in [2.75, 3.05) is 5.73 Å². The van der Waals surface area contributed by atoms with Crippen molar-refractivity contribution in [1.29, 1.82) is 0 Å². The van der Waals surface area contributed by atoms with Crippen LogP contribution in [0.1, 0.15) is 29.8 Å². The van der Waals surface area contributed by atoms with Crippen molar-refractivity contribution in [2.45, 2.75) is 49.9 Å². The normalized spacial score (nSPS) is 28.7. The molecular formula is C19H21N5O4. The highest BCUT2D eigenvalue weighted by atomic mass is 16.6. The van der Waals surface area contributed by atoms with Gasteiger partial charge in [-0.05, 0) is 36.5 Å². The van der Waals surface area contributed by atoms with Gasteiger partial charge in [0.15, 0.2) is 17.7 Å². The number of aliphatic hydroxyl groups excluding tert-OH is 2. The Morgan fingerprint density at radius 2 is 1.93 bits per heavy atom. The second-order valence-electron chi connectivity index (χ2n) is 7.64. The summed E-state index contributed by atoms with van der Waals surface area (Å²) in [5.41, 5.74) is 8.18. The van der Waals surface area contributed by atoms with E-state index in [9.17, 15) is 15.3 Å². The fourth-order valence-electron chi connectivity index (χ4n) is 4.08. The third kappa shape index (κ3) is 2.37. The molecule has 9 heteroatoms. The van der Waals surface area contributed by atoms with Crippen molar-refractivity contribution in [1.82, 2.24) is 19.5 Å². The van der Waals surface area contributed by atoms with Gasteiger partial charge in [0, 0.05) is 0 Å². The van der Waals surface area contributed by atoms with Gasteiger partial charge in [-0.25, -0.2) is 15.0 Å². The van der Waals surface area contributed by atoms with Gasteiger partial charge in [0.2, 0.25) is 0 Å². The maximum Gasteiger partial charge on any atom is 0.167 e. The molecule has 28 heavy (non-hydrogen) atoms. The number of hydrogen-bond donors (Lipinski definition) is 4. The Hall–Kier alpha value is -2.59. The van der Waals surface area contributed by atoms with Gasteiger partial charge in [-0.2, -0.15) is 0 Å². The molecule has 5 N–H and O–H groups in total. The number of imidazole rings is 1. The zero-order valence-electron chi connectivity index (χ0n) is 15.2. The molecule has 3 aromatic rings. The van der Waals surface area contributed by atoms with Gasteiger partial charge in [0.25, 0.3) is 0 Å². The highest BCUT2D eigenvalue weighted by Crippen LogP contribution is 2.41. The molecule has 1 aliphatic heterocycles. The van der Waals surface area contributed by atoms with Gasteiger partial charge in [0.1, 0.15) is 35.8 Å². The summed E-state index contributed by atoms with van der Waals surface area (Å²) in [6.45, 7) is 1.59. The van der Waals surface area contributed by atoms with Crippen LogP contribution in [0.4, 0.5) is 5.82 Å². The fraction of sp³-hybridized carbons (Fsp3) is 0.421. The minimum atomic E-state index is -1.50. The zero-order chi connectivity index (χ0) is 19.6. The van der Waals surface area contributed by atoms with Crippen molar-refractivity contribution in [2.24, 2.45) is 0 Å². The zero-order valence-corrected chi connectivity index (χ0v) is 15.2. The monoisotopic (exact) mass is 383 g/mol. The van der Waals surface area contributed by atoms with Crippen LogP contribution in [-0.2, 0) is 23.2 Å². The Balaban J connectivity index is 1.50. The number of aryl methyl sites for hydroxylation is 2. The first-order valence-electron chi connectivity index (χ1n) is 9.17. The molecular weight excluding hydrogens is 362 g/mol. The number of fused-ring (bicyclic) bond motifs is 2. The Morgan fingerprint density at radius 1 is 1.14 bits per heavy atom. The second kappa shape index (κ2) is 5.95. The summed E-state index contributed by atoms with van der Waals surface area (Å²) in [6.07, 6.45) is 0.140. The lowest BCUT2D eigenvalue weighted by Crippen LogP contribution is -2.45. The Morgan fingerprint density at radius 3 is 2.64 bits per heavy atom. The lowest BCUT2D eigenvalue weighted by Gasteiger charge is -2.33. The average Bonchev–Trinajstić information content (AvgIpc) is 3.19. The van der Waals surface area contributed by atoms with Crippen molar-refractivity contribution in [3.63, 3.8) is 0 Å². The van der Waals surface area contributed by atoms with Crippen LogP contribution in [0.5, 0.6) is 0 Å². The Kier molecular flexibility index (Phi) is 3.72. The van der Waals surface area contributed by atoms with Crippen LogP contribution in [-0.4, -0.2) is 53.2 Å². The van der Waals surface area contributed by atoms with Gasteiger partial charge in [0.05, 0.1) is 6.33 Å². The third-order valence-corrected chi connectivity index (χ3v) is 5.91. The molecule has 0 amide bonds. The lowest BCUT2D eigenvalue weighted by molar-refractivity contribution is -0.136. The smallest absolute Gasteiger partial charge is 0.167 e. The molecule has 1 aliphatic carbocycles. The van der Waals surface area contributed by atoms with Gasteiger partial charge < -0.3 is 25.8 Å². The summed E-state index contributed by atoms with van der Waals surface area (Å²) in [6, 6.07) is 5.77. The predicted octanol–water partition coefficient (Wildman–Crippen LogP) is 0.0340. The first-order chi connectivity index (χ1) is 13.4. The van der Waals surface area contributed by atoms with Crippen LogP contribution < -0.4 is 5.73 Å². The van der Waals surface area contributed by atoms with Crippen molar-refractivity contribution in [3.8, 4) is 0 Å². The molecule has 2 aliphatic rings. The number of nitrogens with zero attached hydrogens (tertiary/aromatic N) is 4. The molecule has 0 spiro atoms. The predicted molar refractivity (Wildman–Crippen MR) is 99.1 cm³/mol. The molecule has 1 aromatic carbocycles. The van der Waals surface area contributed by atoms with E-state index in [-0.39, 0.29) is 5.82 Å². The number of anilines is 1. The van der Waals surface area contributed by atoms with Crippen LogP contribution >= 0.6 is 0 Å². The van der Waals surface area contributed by atoms with E-state index >= 15 is 0 Å². The highest BCUT2D eigenvalue weighted by molar-refractivity contribution is 5.81. The molecule has 1 saturated heterocycles. The molecule has 146 valence electrons. The van der Waals surface area contributed by atoms with Gasteiger partial charge in [-0.1, -0.05) is 18.2 Å². The molecule has 5 atom stereocenters. The summed E-state index contributed by atoms with van der Waals surface area (Å²) in [5.74, 6) is 0.211. The molecule has 3 heterocycles. The molecule has 0 unspecified atom stereocenters. The summed E-state index contributed by atoms with van der Waals surface area (Å²) < 4.78 is 7.45. The number of nitrogen functional groups attached to an aromatic ring is 1. The number of aromatic nitrogens is 4. The van der Waals surface area contributed by atoms with E-state index in [1.165, 1.54) is 28.3 Å². The van der Waals surface area contributed by atoms with Crippen molar-refractivity contribution >= 4 is 17.0 Å².